The predicted octanol–water partition coefficient (Wildman–Crippen LogP) is 2.59. The molecular formula is C13H18O3. The maximum atomic E-state index is 10.4. The van der Waals surface area contributed by atoms with E-state index in [2.05, 4.69) is 0 Å². The van der Waals surface area contributed by atoms with Gasteiger partial charge in [-0.25, -0.2) is 0 Å². The number of aliphatic carboxylic acids is 1. The van der Waals surface area contributed by atoms with Crippen LogP contribution in [0.5, 0.6) is 0 Å². The summed E-state index contributed by atoms with van der Waals surface area (Å²) in [5.74, 6) is -0.763. The second-order valence-electron chi connectivity index (χ2n) is 4.31. The molecule has 0 unspecified atom stereocenters. The fourth-order valence-electron chi connectivity index (χ4n) is 1.44. The molecule has 0 heterocycles. The summed E-state index contributed by atoms with van der Waals surface area (Å²) in [7, 11) is 1.68. The Morgan fingerprint density at radius 1 is 1.31 bits per heavy atom. The number of aryl methyl sites for hydroxylation is 1. The molecule has 1 N–H and O–H groups in total. The van der Waals surface area contributed by atoms with Crippen LogP contribution in [0, 0.1) is 0 Å². The highest BCUT2D eigenvalue weighted by atomic mass is 16.5. The molecule has 3 nitrogen and oxygen atoms in total. The molecule has 0 aliphatic heterocycles. The third-order valence-electron chi connectivity index (χ3n) is 2.79. The van der Waals surface area contributed by atoms with Crippen molar-refractivity contribution < 1.29 is 14.6 Å². The van der Waals surface area contributed by atoms with E-state index in [9.17, 15) is 4.79 Å². The summed E-state index contributed by atoms with van der Waals surface area (Å²) in [6, 6.07) is 7.89. The average Bonchev–Trinajstić information content (AvgIpc) is 2.27. The molecule has 0 atom stereocenters. The number of hydrogen-bond acceptors (Lipinski definition) is 2. The molecule has 0 radical (unpaired) electrons. The minimum atomic E-state index is -0.763. The first kappa shape index (κ1) is 12.7. The Bertz CT molecular complexity index is 352. The summed E-state index contributed by atoms with van der Waals surface area (Å²) in [4.78, 5) is 10.4. The van der Waals surface area contributed by atoms with E-state index in [4.69, 9.17) is 9.84 Å². The van der Waals surface area contributed by atoms with Crippen LogP contribution in [0.2, 0.25) is 0 Å². The molecular weight excluding hydrogens is 204 g/mol. The van der Waals surface area contributed by atoms with Crippen molar-refractivity contribution in [2.75, 3.05) is 7.11 Å². The van der Waals surface area contributed by atoms with Crippen LogP contribution in [0.4, 0.5) is 0 Å². The van der Waals surface area contributed by atoms with Gasteiger partial charge in [0, 0.05) is 13.5 Å². The molecule has 1 rings (SSSR count). The van der Waals surface area contributed by atoms with Gasteiger partial charge in [-0.3, -0.25) is 4.79 Å². The Morgan fingerprint density at radius 2 is 1.88 bits per heavy atom. The normalized spacial score (nSPS) is 11.4. The number of carboxylic acid groups (broad SMARTS) is 1. The second kappa shape index (κ2) is 5.12. The second-order valence-corrected chi connectivity index (χ2v) is 4.31. The molecule has 0 amide bonds. The lowest BCUT2D eigenvalue weighted by atomic mass is 9.96. The van der Waals surface area contributed by atoms with Gasteiger partial charge in [0.25, 0.3) is 0 Å². The van der Waals surface area contributed by atoms with Crippen LogP contribution in [-0.4, -0.2) is 18.2 Å². The summed E-state index contributed by atoms with van der Waals surface area (Å²) in [5.41, 5.74) is 1.83. The number of methoxy groups -OCH3 is 1. The molecule has 88 valence electrons. The van der Waals surface area contributed by atoms with E-state index >= 15 is 0 Å². The smallest absolute Gasteiger partial charge is 0.303 e. The molecule has 3 heteroatoms. The first-order valence-electron chi connectivity index (χ1n) is 5.32. The van der Waals surface area contributed by atoms with E-state index in [0.29, 0.717) is 6.42 Å². The van der Waals surface area contributed by atoms with E-state index in [1.807, 2.05) is 38.1 Å². The third kappa shape index (κ3) is 3.35. The van der Waals surface area contributed by atoms with Gasteiger partial charge in [-0.1, -0.05) is 24.3 Å². The van der Waals surface area contributed by atoms with Crippen molar-refractivity contribution in [1.82, 2.24) is 0 Å². The van der Waals surface area contributed by atoms with Gasteiger partial charge in [-0.05, 0) is 31.4 Å². The van der Waals surface area contributed by atoms with Crippen LogP contribution >= 0.6 is 0 Å². The Morgan fingerprint density at radius 3 is 2.31 bits per heavy atom. The first-order chi connectivity index (χ1) is 7.45. The van der Waals surface area contributed by atoms with Crippen molar-refractivity contribution >= 4 is 5.97 Å². The number of carbonyl (C=O) groups is 1. The Kier molecular flexibility index (Phi) is 4.07. The minimum absolute atomic E-state index is 0.174. The zero-order valence-electron chi connectivity index (χ0n) is 9.99. The van der Waals surface area contributed by atoms with Crippen molar-refractivity contribution in [2.45, 2.75) is 32.3 Å². The van der Waals surface area contributed by atoms with Crippen molar-refractivity contribution in [3.05, 3.63) is 35.4 Å². The fourth-order valence-corrected chi connectivity index (χ4v) is 1.44. The van der Waals surface area contributed by atoms with Crippen LogP contribution < -0.4 is 0 Å². The van der Waals surface area contributed by atoms with E-state index < -0.39 is 5.97 Å². The highest BCUT2D eigenvalue weighted by Gasteiger charge is 2.18. The molecule has 0 aliphatic rings. The molecule has 0 aliphatic carbocycles. The van der Waals surface area contributed by atoms with Gasteiger partial charge >= 0.3 is 5.97 Å². The zero-order chi connectivity index (χ0) is 12.2. The summed E-state index contributed by atoms with van der Waals surface area (Å²) >= 11 is 0. The SMILES string of the molecule is COC(C)(C)c1ccc(CCC(=O)O)cc1. The van der Waals surface area contributed by atoms with Gasteiger partial charge in [0.1, 0.15) is 0 Å². The molecule has 0 aromatic heterocycles. The molecule has 1 aromatic rings. The number of hydrogen-bond donors (Lipinski definition) is 1. The maximum Gasteiger partial charge on any atom is 0.303 e. The van der Waals surface area contributed by atoms with Gasteiger partial charge in [-0.15, -0.1) is 0 Å². The van der Waals surface area contributed by atoms with Gasteiger partial charge in [0.05, 0.1) is 5.60 Å². The average molecular weight is 222 g/mol. The summed E-state index contributed by atoms with van der Waals surface area (Å²) in [6.45, 7) is 4.00. The Hall–Kier alpha value is -1.35. The molecule has 0 saturated heterocycles. The van der Waals surface area contributed by atoms with Gasteiger partial charge in [0.2, 0.25) is 0 Å². The monoisotopic (exact) mass is 222 g/mol. The van der Waals surface area contributed by atoms with Crippen LogP contribution in [0.25, 0.3) is 0 Å². The zero-order valence-corrected chi connectivity index (χ0v) is 9.99. The number of carboxylic acids is 1. The first-order valence-corrected chi connectivity index (χ1v) is 5.32. The molecule has 0 bridgehead atoms. The van der Waals surface area contributed by atoms with Crippen molar-refractivity contribution in [3.63, 3.8) is 0 Å². The molecule has 16 heavy (non-hydrogen) atoms. The van der Waals surface area contributed by atoms with Crippen LogP contribution in [-0.2, 0) is 21.6 Å². The highest BCUT2D eigenvalue weighted by molar-refractivity contribution is 5.67. The fraction of sp³-hybridized carbons (Fsp3) is 0.462. The maximum absolute atomic E-state index is 10.4. The lowest BCUT2D eigenvalue weighted by Crippen LogP contribution is -2.19. The van der Waals surface area contributed by atoms with E-state index in [-0.39, 0.29) is 12.0 Å². The lowest BCUT2D eigenvalue weighted by Gasteiger charge is -2.23. The topological polar surface area (TPSA) is 46.5 Å². The van der Waals surface area contributed by atoms with E-state index in [1.54, 1.807) is 7.11 Å². The van der Waals surface area contributed by atoms with Gasteiger partial charge in [0.15, 0.2) is 0 Å². The number of ether oxygens (including phenoxy) is 1. The van der Waals surface area contributed by atoms with Crippen molar-refractivity contribution in [2.24, 2.45) is 0 Å². The predicted molar refractivity (Wildman–Crippen MR) is 62.4 cm³/mol. The standard InChI is InChI=1S/C13H18O3/c1-13(2,16-3)11-7-4-10(5-8-11)6-9-12(14)15/h4-5,7-8H,6,9H2,1-3H3,(H,14,15). The number of rotatable bonds is 5. The van der Waals surface area contributed by atoms with E-state index in [1.165, 1.54) is 0 Å². The van der Waals surface area contributed by atoms with Gasteiger partial charge in [-0.2, -0.15) is 0 Å². The third-order valence-corrected chi connectivity index (χ3v) is 2.79. The van der Waals surface area contributed by atoms with Crippen molar-refractivity contribution in [1.29, 1.82) is 0 Å². The molecule has 0 saturated carbocycles. The molecule has 0 fully saturated rings. The minimum Gasteiger partial charge on any atom is -0.481 e. The van der Waals surface area contributed by atoms with Crippen LogP contribution in [0.3, 0.4) is 0 Å². The van der Waals surface area contributed by atoms with Crippen LogP contribution in [0.1, 0.15) is 31.4 Å². The highest BCUT2D eigenvalue weighted by Crippen LogP contribution is 2.23. The quantitative estimate of drug-likeness (QED) is 0.833. The summed E-state index contributed by atoms with van der Waals surface area (Å²) < 4.78 is 5.37. The van der Waals surface area contributed by atoms with Crippen molar-refractivity contribution in [3.8, 4) is 0 Å². The largest absolute Gasteiger partial charge is 0.481 e. The molecule has 0 spiro atoms. The number of benzene rings is 1. The van der Waals surface area contributed by atoms with E-state index in [0.717, 1.165) is 11.1 Å². The molecule has 1 aromatic carbocycles. The summed E-state index contributed by atoms with van der Waals surface area (Å²) in [6.07, 6.45) is 0.746. The Balaban J connectivity index is 2.71. The Labute approximate surface area is 96.1 Å². The summed E-state index contributed by atoms with van der Waals surface area (Å²) in [5, 5.41) is 8.58. The van der Waals surface area contributed by atoms with Crippen LogP contribution in [0.15, 0.2) is 24.3 Å². The lowest BCUT2D eigenvalue weighted by molar-refractivity contribution is -0.136. The van der Waals surface area contributed by atoms with Gasteiger partial charge < -0.3 is 9.84 Å².